The number of carbonyl (C=O) groups excluding carboxylic acids is 2. The number of ether oxygens (including phenoxy) is 1. The van der Waals surface area contributed by atoms with Gasteiger partial charge in [-0.2, -0.15) is 0 Å². The minimum absolute atomic E-state index is 0.00817. The molecule has 6 heteroatoms. The van der Waals surface area contributed by atoms with Crippen LogP contribution in [-0.4, -0.2) is 35.6 Å². The average Bonchev–Trinajstić information content (AvgIpc) is 2.52. The monoisotopic (exact) mass is 396 g/mol. The maximum Gasteiger partial charge on any atom is 0.410 e. The van der Waals surface area contributed by atoms with Gasteiger partial charge >= 0.3 is 6.09 Å². The number of benzene rings is 1. The van der Waals surface area contributed by atoms with Gasteiger partial charge in [-0.25, -0.2) is 4.79 Å². The zero-order chi connectivity index (χ0) is 17.7. The van der Waals surface area contributed by atoms with Crippen molar-refractivity contribution >= 4 is 27.9 Å². The SMILES string of the molecule is CC(C)(C)OC(=O)N1CCCC(C(=O)NCc2ccc(Br)cc2)C1. The number of carbonyl (C=O) groups is 2. The van der Waals surface area contributed by atoms with Crippen molar-refractivity contribution in [2.24, 2.45) is 5.92 Å². The van der Waals surface area contributed by atoms with E-state index in [1.807, 2.05) is 45.0 Å². The second-order valence-corrected chi connectivity index (χ2v) is 8.03. The van der Waals surface area contributed by atoms with Crippen LogP contribution in [0.25, 0.3) is 0 Å². The van der Waals surface area contributed by atoms with Gasteiger partial charge in [0.2, 0.25) is 5.91 Å². The molecule has 1 aromatic rings. The van der Waals surface area contributed by atoms with E-state index in [1.54, 1.807) is 4.90 Å². The van der Waals surface area contributed by atoms with E-state index in [-0.39, 0.29) is 17.9 Å². The summed E-state index contributed by atoms with van der Waals surface area (Å²) in [5.41, 5.74) is 0.528. The van der Waals surface area contributed by atoms with Gasteiger partial charge in [-0.1, -0.05) is 28.1 Å². The maximum absolute atomic E-state index is 12.4. The van der Waals surface area contributed by atoms with Crippen molar-refractivity contribution < 1.29 is 14.3 Å². The van der Waals surface area contributed by atoms with Crippen molar-refractivity contribution in [3.05, 3.63) is 34.3 Å². The predicted molar refractivity (Wildman–Crippen MR) is 96.5 cm³/mol. The second kappa shape index (κ2) is 8.01. The molecule has 1 aliphatic heterocycles. The van der Waals surface area contributed by atoms with Gasteiger partial charge in [0.1, 0.15) is 5.60 Å². The third-order valence-corrected chi connectivity index (χ3v) is 4.35. The van der Waals surface area contributed by atoms with Crippen LogP contribution in [0.15, 0.2) is 28.7 Å². The lowest BCUT2D eigenvalue weighted by molar-refractivity contribution is -0.126. The number of halogens is 1. The predicted octanol–water partition coefficient (Wildman–Crippen LogP) is 3.71. The van der Waals surface area contributed by atoms with Gasteiger partial charge in [-0.3, -0.25) is 4.79 Å². The highest BCUT2D eigenvalue weighted by Gasteiger charge is 2.30. The molecule has 5 nitrogen and oxygen atoms in total. The molecule has 0 spiro atoms. The Kier molecular flexibility index (Phi) is 6.27. The van der Waals surface area contributed by atoms with E-state index in [9.17, 15) is 9.59 Å². The number of likely N-dealkylation sites (tertiary alicyclic amines) is 1. The van der Waals surface area contributed by atoms with Crippen molar-refractivity contribution in [1.29, 1.82) is 0 Å². The highest BCUT2D eigenvalue weighted by atomic mass is 79.9. The van der Waals surface area contributed by atoms with E-state index in [0.29, 0.717) is 19.6 Å². The molecule has 2 rings (SSSR count). The smallest absolute Gasteiger partial charge is 0.410 e. The molecule has 1 fully saturated rings. The Morgan fingerprint density at radius 3 is 2.58 bits per heavy atom. The van der Waals surface area contributed by atoms with Crippen molar-refractivity contribution in [2.45, 2.75) is 45.8 Å². The van der Waals surface area contributed by atoms with Gasteiger partial charge in [0, 0.05) is 24.1 Å². The highest BCUT2D eigenvalue weighted by molar-refractivity contribution is 9.10. The molecular weight excluding hydrogens is 372 g/mol. The van der Waals surface area contributed by atoms with Crippen LogP contribution in [0, 0.1) is 5.92 Å². The van der Waals surface area contributed by atoms with Crippen LogP contribution >= 0.6 is 15.9 Å². The Hall–Kier alpha value is -1.56. The molecule has 1 heterocycles. The first kappa shape index (κ1) is 18.8. The summed E-state index contributed by atoms with van der Waals surface area (Å²) in [6.07, 6.45) is 1.27. The van der Waals surface area contributed by atoms with Crippen LogP contribution < -0.4 is 5.32 Å². The third kappa shape index (κ3) is 5.82. The van der Waals surface area contributed by atoms with Crippen molar-refractivity contribution in [3.8, 4) is 0 Å². The summed E-state index contributed by atoms with van der Waals surface area (Å²) in [7, 11) is 0. The molecule has 0 bridgehead atoms. The van der Waals surface area contributed by atoms with E-state index in [0.717, 1.165) is 22.9 Å². The van der Waals surface area contributed by atoms with Gasteiger partial charge < -0.3 is 15.0 Å². The fraction of sp³-hybridized carbons (Fsp3) is 0.556. The van der Waals surface area contributed by atoms with E-state index < -0.39 is 5.60 Å². The summed E-state index contributed by atoms with van der Waals surface area (Å²) < 4.78 is 6.41. The number of piperidine rings is 1. The van der Waals surface area contributed by atoms with Crippen LogP contribution in [-0.2, 0) is 16.1 Å². The highest BCUT2D eigenvalue weighted by Crippen LogP contribution is 2.20. The van der Waals surface area contributed by atoms with Crippen LogP contribution in [0.4, 0.5) is 4.79 Å². The molecule has 1 aliphatic rings. The molecule has 0 saturated carbocycles. The van der Waals surface area contributed by atoms with E-state index >= 15 is 0 Å². The minimum atomic E-state index is -0.520. The number of nitrogens with zero attached hydrogens (tertiary/aromatic N) is 1. The Bertz CT molecular complexity index is 581. The quantitative estimate of drug-likeness (QED) is 0.846. The van der Waals surface area contributed by atoms with Crippen molar-refractivity contribution in [3.63, 3.8) is 0 Å². The normalized spacial score (nSPS) is 18.2. The van der Waals surface area contributed by atoms with Gasteiger partial charge in [-0.15, -0.1) is 0 Å². The van der Waals surface area contributed by atoms with Crippen LogP contribution in [0.2, 0.25) is 0 Å². The molecule has 1 aromatic carbocycles. The minimum Gasteiger partial charge on any atom is -0.444 e. The molecule has 24 heavy (non-hydrogen) atoms. The maximum atomic E-state index is 12.4. The van der Waals surface area contributed by atoms with Crippen molar-refractivity contribution in [2.75, 3.05) is 13.1 Å². The Morgan fingerprint density at radius 2 is 1.96 bits per heavy atom. The van der Waals surface area contributed by atoms with E-state index in [1.165, 1.54) is 0 Å². The third-order valence-electron chi connectivity index (χ3n) is 3.82. The van der Waals surface area contributed by atoms with E-state index in [2.05, 4.69) is 21.2 Å². The Labute approximate surface area is 151 Å². The lowest BCUT2D eigenvalue weighted by Gasteiger charge is -2.33. The summed E-state index contributed by atoms with van der Waals surface area (Å²) in [4.78, 5) is 26.2. The zero-order valence-electron chi connectivity index (χ0n) is 14.5. The topological polar surface area (TPSA) is 58.6 Å². The number of amides is 2. The standard InChI is InChI=1S/C18H25BrN2O3/c1-18(2,3)24-17(23)21-10-4-5-14(12-21)16(22)20-11-13-6-8-15(19)9-7-13/h6-9,14H,4-5,10-12H2,1-3H3,(H,20,22). The van der Waals surface area contributed by atoms with Crippen LogP contribution in [0.1, 0.15) is 39.2 Å². The lowest BCUT2D eigenvalue weighted by Crippen LogP contribution is -2.46. The first-order valence-corrected chi connectivity index (χ1v) is 9.04. The molecule has 1 atom stereocenters. The van der Waals surface area contributed by atoms with Gasteiger partial charge in [-0.05, 0) is 51.3 Å². The number of rotatable bonds is 3. The van der Waals surface area contributed by atoms with Gasteiger partial charge in [0.15, 0.2) is 0 Å². The molecular formula is C18H25BrN2O3. The lowest BCUT2D eigenvalue weighted by atomic mass is 9.97. The first-order valence-electron chi connectivity index (χ1n) is 8.25. The number of nitrogens with one attached hydrogen (secondary N) is 1. The Balaban J connectivity index is 1.85. The molecule has 0 aliphatic carbocycles. The fourth-order valence-electron chi connectivity index (χ4n) is 2.62. The van der Waals surface area contributed by atoms with Gasteiger partial charge in [0.25, 0.3) is 0 Å². The molecule has 1 N–H and O–H groups in total. The first-order chi connectivity index (χ1) is 11.2. The molecule has 1 unspecified atom stereocenters. The van der Waals surface area contributed by atoms with Gasteiger partial charge in [0.05, 0.1) is 5.92 Å². The molecule has 0 radical (unpaired) electrons. The summed E-state index contributed by atoms with van der Waals surface area (Å²) in [5.74, 6) is -0.187. The summed E-state index contributed by atoms with van der Waals surface area (Å²) in [6.45, 7) is 7.09. The summed E-state index contributed by atoms with van der Waals surface area (Å²) in [6, 6.07) is 7.84. The van der Waals surface area contributed by atoms with E-state index in [4.69, 9.17) is 4.74 Å². The molecule has 0 aromatic heterocycles. The summed E-state index contributed by atoms with van der Waals surface area (Å²) in [5, 5.41) is 2.96. The molecule has 132 valence electrons. The Morgan fingerprint density at radius 1 is 1.29 bits per heavy atom. The van der Waals surface area contributed by atoms with Crippen molar-refractivity contribution in [1.82, 2.24) is 10.2 Å². The fourth-order valence-corrected chi connectivity index (χ4v) is 2.88. The molecule has 2 amide bonds. The van der Waals surface area contributed by atoms with Crippen LogP contribution in [0.5, 0.6) is 0 Å². The summed E-state index contributed by atoms with van der Waals surface area (Å²) >= 11 is 3.39. The second-order valence-electron chi connectivity index (χ2n) is 7.11. The average molecular weight is 397 g/mol. The molecule has 1 saturated heterocycles. The van der Waals surface area contributed by atoms with Crippen LogP contribution in [0.3, 0.4) is 0 Å². The largest absolute Gasteiger partial charge is 0.444 e. The number of hydrogen-bond donors (Lipinski definition) is 1. The number of hydrogen-bond acceptors (Lipinski definition) is 3. The zero-order valence-corrected chi connectivity index (χ0v) is 16.1.